The molecule has 0 bridgehead atoms. The minimum Gasteiger partial charge on any atom is -0.376 e. The second kappa shape index (κ2) is 7.21. The lowest BCUT2D eigenvalue weighted by molar-refractivity contribution is -0.0876. The molecule has 1 aliphatic heterocycles. The van der Waals surface area contributed by atoms with Crippen LogP contribution in [-0.2, 0) is 15.9 Å². The molecule has 2 unspecified atom stereocenters. The number of rotatable bonds is 4. The van der Waals surface area contributed by atoms with Crippen molar-refractivity contribution in [1.29, 1.82) is 0 Å². The van der Waals surface area contributed by atoms with E-state index >= 15 is 0 Å². The first kappa shape index (κ1) is 14.8. The Labute approximate surface area is 134 Å². The van der Waals surface area contributed by atoms with Crippen LogP contribution in [0.1, 0.15) is 21.5 Å². The standard InChI is InChI=1S/C18H19BrO2/c19-18(17-13-20-10-11-21-17)16-8-6-15(7-9-16)12-14-4-2-1-3-5-14/h1-9,17-18H,10-13H2. The Hall–Kier alpha value is -1.16. The molecule has 2 nitrogen and oxygen atoms in total. The molecule has 1 heterocycles. The summed E-state index contributed by atoms with van der Waals surface area (Å²) in [4.78, 5) is 0.184. The Kier molecular flexibility index (Phi) is 5.07. The lowest BCUT2D eigenvalue weighted by atomic mass is 10.0. The van der Waals surface area contributed by atoms with E-state index in [4.69, 9.17) is 9.47 Å². The largest absolute Gasteiger partial charge is 0.376 e. The van der Waals surface area contributed by atoms with Gasteiger partial charge in [-0.25, -0.2) is 0 Å². The monoisotopic (exact) mass is 346 g/mol. The predicted octanol–water partition coefficient (Wildman–Crippen LogP) is 4.13. The summed E-state index contributed by atoms with van der Waals surface area (Å²) < 4.78 is 11.2. The average Bonchev–Trinajstić information content (AvgIpc) is 2.57. The van der Waals surface area contributed by atoms with Gasteiger partial charge in [0.05, 0.1) is 30.8 Å². The van der Waals surface area contributed by atoms with Crippen molar-refractivity contribution in [3.63, 3.8) is 0 Å². The number of halogens is 1. The number of benzene rings is 2. The van der Waals surface area contributed by atoms with Gasteiger partial charge in [0, 0.05) is 0 Å². The van der Waals surface area contributed by atoms with Gasteiger partial charge in [-0.05, 0) is 23.1 Å². The highest BCUT2D eigenvalue weighted by Crippen LogP contribution is 2.30. The van der Waals surface area contributed by atoms with Crippen molar-refractivity contribution in [2.45, 2.75) is 17.4 Å². The van der Waals surface area contributed by atoms with Crippen LogP contribution in [0.15, 0.2) is 54.6 Å². The fraction of sp³-hybridized carbons (Fsp3) is 0.333. The van der Waals surface area contributed by atoms with Crippen LogP contribution in [-0.4, -0.2) is 25.9 Å². The second-order valence-corrected chi connectivity index (χ2v) is 6.28. The molecule has 0 aromatic heterocycles. The SMILES string of the molecule is BrC(c1ccc(Cc2ccccc2)cc1)C1COCCO1. The van der Waals surface area contributed by atoms with Crippen molar-refractivity contribution in [2.75, 3.05) is 19.8 Å². The maximum atomic E-state index is 5.75. The van der Waals surface area contributed by atoms with Gasteiger partial charge in [0.1, 0.15) is 0 Å². The maximum absolute atomic E-state index is 5.75. The first-order chi connectivity index (χ1) is 10.3. The van der Waals surface area contributed by atoms with Gasteiger partial charge in [-0.2, -0.15) is 0 Å². The van der Waals surface area contributed by atoms with Crippen molar-refractivity contribution in [2.24, 2.45) is 0 Å². The van der Waals surface area contributed by atoms with E-state index in [1.54, 1.807) is 0 Å². The molecule has 3 heteroatoms. The molecule has 3 rings (SSSR count). The van der Waals surface area contributed by atoms with Crippen LogP contribution in [0.25, 0.3) is 0 Å². The van der Waals surface area contributed by atoms with Crippen LogP contribution >= 0.6 is 15.9 Å². The third kappa shape index (κ3) is 3.94. The molecule has 0 aliphatic carbocycles. The van der Waals surface area contributed by atoms with Gasteiger partial charge >= 0.3 is 0 Å². The Bertz CT molecular complexity index is 547. The van der Waals surface area contributed by atoms with E-state index in [2.05, 4.69) is 64.5 Å². The Morgan fingerprint density at radius 3 is 2.33 bits per heavy atom. The minimum absolute atomic E-state index is 0.0960. The fourth-order valence-electron chi connectivity index (χ4n) is 2.54. The van der Waals surface area contributed by atoms with Gasteiger partial charge in [0.15, 0.2) is 0 Å². The van der Waals surface area contributed by atoms with Crippen LogP contribution in [0, 0.1) is 0 Å². The van der Waals surface area contributed by atoms with Crippen LogP contribution in [0.2, 0.25) is 0 Å². The molecule has 1 aliphatic rings. The predicted molar refractivity (Wildman–Crippen MR) is 87.9 cm³/mol. The van der Waals surface area contributed by atoms with Crippen molar-refractivity contribution in [3.05, 3.63) is 71.3 Å². The number of hydrogen-bond donors (Lipinski definition) is 0. The first-order valence-corrected chi connectivity index (χ1v) is 8.21. The zero-order valence-corrected chi connectivity index (χ0v) is 13.5. The molecule has 110 valence electrons. The second-order valence-electron chi connectivity index (χ2n) is 5.29. The van der Waals surface area contributed by atoms with Crippen molar-refractivity contribution >= 4 is 15.9 Å². The van der Waals surface area contributed by atoms with E-state index in [-0.39, 0.29) is 10.9 Å². The summed E-state index contributed by atoms with van der Waals surface area (Å²) >= 11 is 3.73. The molecule has 0 radical (unpaired) electrons. The van der Waals surface area contributed by atoms with Gasteiger partial charge in [-0.15, -0.1) is 0 Å². The van der Waals surface area contributed by atoms with E-state index in [0.717, 1.165) is 6.42 Å². The van der Waals surface area contributed by atoms with Crippen molar-refractivity contribution < 1.29 is 9.47 Å². The molecule has 21 heavy (non-hydrogen) atoms. The number of hydrogen-bond acceptors (Lipinski definition) is 2. The van der Waals surface area contributed by atoms with Crippen LogP contribution in [0.3, 0.4) is 0 Å². The zero-order valence-electron chi connectivity index (χ0n) is 11.9. The summed E-state index contributed by atoms with van der Waals surface area (Å²) in [5.41, 5.74) is 3.90. The van der Waals surface area contributed by atoms with Crippen LogP contribution < -0.4 is 0 Å². The molecular formula is C18H19BrO2. The van der Waals surface area contributed by atoms with Gasteiger partial charge < -0.3 is 9.47 Å². The minimum atomic E-state index is 0.0960. The topological polar surface area (TPSA) is 18.5 Å². The van der Waals surface area contributed by atoms with Crippen molar-refractivity contribution in [3.8, 4) is 0 Å². The normalized spacial score (nSPS) is 20.1. The Morgan fingerprint density at radius 2 is 1.67 bits per heavy atom. The third-order valence-corrected chi connectivity index (χ3v) is 4.84. The summed E-state index contributed by atoms with van der Waals surface area (Å²) in [6.07, 6.45) is 1.07. The molecule has 0 spiro atoms. The molecule has 2 aromatic carbocycles. The number of ether oxygens (including phenoxy) is 2. The van der Waals surface area contributed by atoms with Gasteiger partial charge in [0.25, 0.3) is 0 Å². The van der Waals surface area contributed by atoms with Gasteiger partial charge in [-0.3, -0.25) is 0 Å². The molecule has 1 fully saturated rings. The molecular weight excluding hydrogens is 328 g/mol. The van der Waals surface area contributed by atoms with E-state index < -0.39 is 0 Å². The van der Waals surface area contributed by atoms with Crippen LogP contribution in [0.5, 0.6) is 0 Å². The van der Waals surface area contributed by atoms with Gasteiger partial charge in [0.2, 0.25) is 0 Å². The maximum Gasteiger partial charge on any atom is 0.0975 e. The fourth-order valence-corrected chi connectivity index (χ4v) is 3.15. The average molecular weight is 347 g/mol. The summed E-state index contributed by atoms with van der Waals surface area (Å²) in [6.45, 7) is 2.03. The van der Waals surface area contributed by atoms with Crippen LogP contribution in [0.4, 0.5) is 0 Å². The molecule has 0 saturated carbocycles. The highest BCUT2D eigenvalue weighted by Gasteiger charge is 2.24. The van der Waals surface area contributed by atoms with E-state index in [1.165, 1.54) is 16.7 Å². The van der Waals surface area contributed by atoms with Crippen molar-refractivity contribution in [1.82, 2.24) is 0 Å². The number of alkyl halides is 1. The summed E-state index contributed by atoms with van der Waals surface area (Å²) in [5.74, 6) is 0. The molecule has 0 N–H and O–H groups in total. The highest BCUT2D eigenvalue weighted by atomic mass is 79.9. The summed E-state index contributed by atoms with van der Waals surface area (Å²) in [6, 6.07) is 19.3. The summed E-state index contributed by atoms with van der Waals surface area (Å²) in [5, 5.41) is 0. The highest BCUT2D eigenvalue weighted by molar-refractivity contribution is 9.09. The molecule has 2 aromatic rings. The lowest BCUT2D eigenvalue weighted by Crippen LogP contribution is -2.31. The summed E-state index contributed by atoms with van der Waals surface area (Å²) in [7, 11) is 0. The Balaban J connectivity index is 1.66. The Morgan fingerprint density at radius 1 is 0.952 bits per heavy atom. The first-order valence-electron chi connectivity index (χ1n) is 7.29. The third-order valence-electron chi connectivity index (χ3n) is 3.72. The lowest BCUT2D eigenvalue weighted by Gasteiger charge is -2.27. The van der Waals surface area contributed by atoms with Gasteiger partial charge in [-0.1, -0.05) is 70.5 Å². The van der Waals surface area contributed by atoms with E-state index in [1.807, 2.05) is 6.07 Å². The smallest absolute Gasteiger partial charge is 0.0975 e. The molecule has 1 saturated heterocycles. The quantitative estimate of drug-likeness (QED) is 0.775. The van der Waals surface area contributed by atoms with E-state index in [0.29, 0.717) is 19.8 Å². The zero-order chi connectivity index (χ0) is 14.5. The molecule has 0 amide bonds. The molecule has 2 atom stereocenters. The van der Waals surface area contributed by atoms with E-state index in [9.17, 15) is 0 Å².